The quantitative estimate of drug-likeness (QED) is 0.912. The van der Waals surface area contributed by atoms with Gasteiger partial charge >= 0.3 is 0 Å². The molecule has 1 aromatic heterocycles. The van der Waals surface area contributed by atoms with Crippen LogP contribution in [-0.2, 0) is 6.54 Å². The normalized spacial score (nSPS) is 18.7. The van der Waals surface area contributed by atoms with Crippen molar-refractivity contribution in [1.82, 2.24) is 14.5 Å². The molecule has 1 saturated heterocycles. The predicted octanol–water partition coefficient (Wildman–Crippen LogP) is 1.47. The lowest BCUT2D eigenvalue weighted by atomic mass is 9.91. The van der Waals surface area contributed by atoms with Gasteiger partial charge in [-0.1, -0.05) is 6.07 Å². The third-order valence-electron chi connectivity index (χ3n) is 4.90. The molecule has 2 heterocycles. The van der Waals surface area contributed by atoms with E-state index < -0.39 is 5.60 Å². The number of hydrogen-bond acceptors (Lipinski definition) is 4. The molecule has 5 nitrogen and oxygen atoms in total. The summed E-state index contributed by atoms with van der Waals surface area (Å²) in [5.74, 6) is 0. The Labute approximate surface area is 130 Å². The highest BCUT2D eigenvalue weighted by atomic mass is 16.3. The van der Waals surface area contributed by atoms with Crippen LogP contribution >= 0.6 is 0 Å². The van der Waals surface area contributed by atoms with Gasteiger partial charge in [-0.15, -0.1) is 0 Å². The highest BCUT2D eigenvalue weighted by Crippen LogP contribution is 2.23. The largest absolute Gasteiger partial charge is 0.388 e. The van der Waals surface area contributed by atoms with Crippen molar-refractivity contribution < 1.29 is 5.11 Å². The van der Waals surface area contributed by atoms with Crippen molar-refractivity contribution in [2.75, 3.05) is 20.1 Å². The number of fused-ring (bicyclic) bond motifs is 1. The molecule has 5 heteroatoms. The smallest absolute Gasteiger partial charge is 0.261 e. The summed E-state index contributed by atoms with van der Waals surface area (Å²) in [7, 11) is 2.05. The fraction of sp³-hybridized carbons (Fsp3) is 0.529. The summed E-state index contributed by atoms with van der Waals surface area (Å²) in [5, 5.41) is 11.4. The molecule has 0 bridgehead atoms. The van der Waals surface area contributed by atoms with Gasteiger partial charge in [0.05, 0.1) is 29.4 Å². The Bertz CT molecular complexity index is 758. The number of hydrogen-bond donors (Lipinski definition) is 1. The molecule has 1 aromatic carbocycles. The zero-order valence-corrected chi connectivity index (χ0v) is 13.5. The second-order valence-electron chi connectivity index (χ2n) is 6.61. The van der Waals surface area contributed by atoms with Crippen molar-refractivity contribution in [3.63, 3.8) is 0 Å². The van der Waals surface area contributed by atoms with E-state index in [-0.39, 0.29) is 5.56 Å². The molecule has 0 aliphatic carbocycles. The van der Waals surface area contributed by atoms with Crippen LogP contribution in [0, 0.1) is 13.8 Å². The van der Waals surface area contributed by atoms with Crippen LogP contribution < -0.4 is 5.56 Å². The Hall–Kier alpha value is -1.72. The number of nitrogens with zero attached hydrogens (tertiary/aromatic N) is 3. The molecule has 1 aliphatic heterocycles. The first kappa shape index (κ1) is 15.2. The van der Waals surface area contributed by atoms with Crippen molar-refractivity contribution in [3.05, 3.63) is 39.9 Å². The average molecular weight is 301 g/mol. The highest BCUT2D eigenvalue weighted by molar-refractivity contribution is 5.81. The molecular weight excluding hydrogens is 278 g/mol. The molecule has 0 radical (unpaired) electrons. The fourth-order valence-corrected chi connectivity index (χ4v) is 3.10. The highest BCUT2D eigenvalue weighted by Gasteiger charge is 2.32. The van der Waals surface area contributed by atoms with Crippen molar-refractivity contribution in [3.8, 4) is 0 Å². The summed E-state index contributed by atoms with van der Waals surface area (Å²) in [6.07, 6.45) is 2.94. The van der Waals surface area contributed by atoms with Gasteiger partial charge in [-0.25, -0.2) is 4.98 Å². The van der Waals surface area contributed by atoms with Gasteiger partial charge in [0.1, 0.15) is 0 Å². The van der Waals surface area contributed by atoms with E-state index in [1.165, 1.54) is 0 Å². The molecule has 3 rings (SSSR count). The molecule has 0 amide bonds. The Kier molecular flexibility index (Phi) is 3.78. The van der Waals surface area contributed by atoms with Crippen LogP contribution in [0.1, 0.15) is 24.0 Å². The molecule has 0 saturated carbocycles. The Balaban J connectivity index is 1.97. The molecule has 1 fully saturated rings. The lowest BCUT2D eigenvalue weighted by Gasteiger charge is -2.36. The van der Waals surface area contributed by atoms with Gasteiger partial charge in [0, 0.05) is 13.1 Å². The topological polar surface area (TPSA) is 58.4 Å². The molecule has 0 spiro atoms. The molecule has 2 aromatic rings. The molecule has 1 aliphatic rings. The first-order valence-electron chi connectivity index (χ1n) is 7.76. The maximum Gasteiger partial charge on any atom is 0.261 e. The molecule has 118 valence electrons. The minimum Gasteiger partial charge on any atom is -0.388 e. The standard InChI is InChI=1S/C17H23N3O2/c1-12-4-5-14-15(13(12)2)18-11-20(16(14)21)10-17(22)6-8-19(3)9-7-17/h4-5,11,22H,6-10H2,1-3H3. The first-order chi connectivity index (χ1) is 10.4. The van der Waals surface area contributed by atoms with Crippen LogP contribution in [0.25, 0.3) is 10.9 Å². The van der Waals surface area contributed by atoms with Gasteiger partial charge in [0.2, 0.25) is 0 Å². The van der Waals surface area contributed by atoms with E-state index in [0.29, 0.717) is 24.8 Å². The second kappa shape index (κ2) is 5.48. The van der Waals surface area contributed by atoms with Gasteiger partial charge in [0.25, 0.3) is 5.56 Å². The van der Waals surface area contributed by atoms with Crippen molar-refractivity contribution in [2.45, 2.75) is 38.8 Å². The van der Waals surface area contributed by atoms with Gasteiger partial charge in [-0.2, -0.15) is 0 Å². The van der Waals surface area contributed by atoms with Crippen LogP contribution in [0.15, 0.2) is 23.3 Å². The fourth-order valence-electron chi connectivity index (χ4n) is 3.10. The number of likely N-dealkylation sites (tertiary alicyclic amines) is 1. The van der Waals surface area contributed by atoms with E-state index >= 15 is 0 Å². The molecule has 22 heavy (non-hydrogen) atoms. The minimum absolute atomic E-state index is 0.0690. The number of aromatic nitrogens is 2. The Morgan fingerprint density at radius 2 is 1.95 bits per heavy atom. The van der Waals surface area contributed by atoms with E-state index in [9.17, 15) is 9.90 Å². The predicted molar refractivity (Wildman–Crippen MR) is 87.2 cm³/mol. The van der Waals surface area contributed by atoms with Crippen molar-refractivity contribution in [2.24, 2.45) is 0 Å². The summed E-state index contributed by atoms with van der Waals surface area (Å²) in [4.78, 5) is 19.3. The number of rotatable bonds is 2. The third-order valence-corrected chi connectivity index (χ3v) is 4.90. The molecular formula is C17H23N3O2. The molecule has 0 atom stereocenters. The number of aryl methyl sites for hydroxylation is 2. The van der Waals surface area contributed by atoms with E-state index in [0.717, 1.165) is 29.7 Å². The van der Waals surface area contributed by atoms with Crippen molar-refractivity contribution in [1.29, 1.82) is 0 Å². The average Bonchev–Trinajstić information content (AvgIpc) is 2.49. The van der Waals surface area contributed by atoms with E-state index in [4.69, 9.17) is 0 Å². The van der Waals surface area contributed by atoms with Crippen LogP contribution in [0.2, 0.25) is 0 Å². The lowest BCUT2D eigenvalue weighted by Crippen LogP contribution is -2.47. The number of aliphatic hydroxyl groups is 1. The summed E-state index contributed by atoms with van der Waals surface area (Å²) < 4.78 is 1.56. The van der Waals surface area contributed by atoms with E-state index in [1.54, 1.807) is 10.9 Å². The third kappa shape index (κ3) is 2.66. The van der Waals surface area contributed by atoms with E-state index in [1.807, 2.05) is 26.0 Å². The van der Waals surface area contributed by atoms with E-state index in [2.05, 4.69) is 16.9 Å². The maximum absolute atomic E-state index is 12.7. The zero-order valence-electron chi connectivity index (χ0n) is 13.5. The van der Waals surface area contributed by atoms with Crippen LogP contribution in [0.3, 0.4) is 0 Å². The second-order valence-corrected chi connectivity index (χ2v) is 6.61. The summed E-state index contributed by atoms with van der Waals surface area (Å²) in [6, 6.07) is 3.79. The summed E-state index contributed by atoms with van der Waals surface area (Å²) in [5.41, 5.74) is 2.05. The van der Waals surface area contributed by atoms with Crippen molar-refractivity contribution >= 4 is 10.9 Å². The Morgan fingerprint density at radius 3 is 2.64 bits per heavy atom. The van der Waals surface area contributed by atoms with Gasteiger partial charge in [-0.3, -0.25) is 9.36 Å². The van der Waals surface area contributed by atoms with Crippen LogP contribution in [-0.4, -0.2) is 45.3 Å². The Morgan fingerprint density at radius 1 is 1.27 bits per heavy atom. The molecule has 1 N–H and O–H groups in total. The summed E-state index contributed by atoms with van der Waals surface area (Å²) in [6.45, 7) is 6.02. The lowest BCUT2D eigenvalue weighted by molar-refractivity contribution is -0.0298. The minimum atomic E-state index is -0.814. The van der Waals surface area contributed by atoms with Gasteiger partial charge in [-0.05, 0) is 50.9 Å². The van der Waals surface area contributed by atoms with Gasteiger partial charge in [0.15, 0.2) is 0 Å². The SMILES string of the molecule is Cc1ccc2c(=O)n(CC3(O)CCN(C)CC3)cnc2c1C. The number of piperidine rings is 1. The van der Waals surface area contributed by atoms with Crippen LogP contribution in [0.5, 0.6) is 0 Å². The monoisotopic (exact) mass is 301 g/mol. The first-order valence-corrected chi connectivity index (χ1v) is 7.76. The van der Waals surface area contributed by atoms with Crippen LogP contribution in [0.4, 0.5) is 0 Å². The van der Waals surface area contributed by atoms with Gasteiger partial charge < -0.3 is 10.0 Å². The zero-order chi connectivity index (χ0) is 15.9. The molecule has 0 unspecified atom stereocenters. The summed E-state index contributed by atoms with van der Waals surface area (Å²) >= 11 is 0. The maximum atomic E-state index is 12.7. The number of benzene rings is 1.